The SMILES string of the molecule is Cc1ccccc1NC(=O)C(=O)NCC(c1ccc2c(c1)CCN2C)N1CCN(C)CC1. The van der Waals surface area contributed by atoms with Crippen LogP contribution in [0.5, 0.6) is 0 Å². The van der Waals surface area contributed by atoms with Gasteiger partial charge in [0.05, 0.1) is 6.04 Å². The van der Waals surface area contributed by atoms with Crippen LogP contribution in [-0.4, -0.2) is 75.0 Å². The van der Waals surface area contributed by atoms with Gasteiger partial charge >= 0.3 is 11.8 Å². The molecule has 2 aliphatic rings. The number of para-hydroxylation sites is 1. The molecule has 0 radical (unpaired) electrons. The molecule has 2 aromatic rings. The maximum atomic E-state index is 12.6. The summed E-state index contributed by atoms with van der Waals surface area (Å²) in [5.74, 6) is -1.24. The highest BCUT2D eigenvalue weighted by molar-refractivity contribution is 6.39. The van der Waals surface area contributed by atoms with Gasteiger partial charge in [0.1, 0.15) is 0 Å². The molecule has 1 atom stereocenters. The van der Waals surface area contributed by atoms with E-state index in [1.807, 2.05) is 25.1 Å². The second kappa shape index (κ2) is 9.71. The molecule has 2 heterocycles. The third kappa shape index (κ3) is 4.95. The van der Waals surface area contributed by atoms with E-state index in [0.29, 0.717) is 12.2 Å². The summed E-state index contributed by atoms with van der Waals surface area (Å²) in [4.78, 5) is 32.1. The van der Waals surface area contributed by atoms with Gasteiger partial charge in [0.2, 0.25) is 0 Å². The van der Waals surface area contributed by atoms with E-state index in [1.54, 1.807) is 6.07 Å². The number of hydrogen-bond donors (Lipinski definition) is 2. The Morgan fingerprint density at radius 3 is 2.47 bits per heavy atom. The molecule has 2 amide bonds. The number of likely N-dealkylation sites (N-methyl/N-ethyl adjacent to an activating group) is 2. The Labute approximate surface area is 190 Å². The van der Waals surface area contributed by atoms with Crippen molar-refractivity contribution < 1.29 is 9.59 Å². The van der Waals surface area contributed by atoms with Crippen LogP contribution in [0.2, 0.25) is 0 Å². The Morgan fingerprint density at radius 2 is 1.72 bits per heavy atom. The minimum absolute atomic E-state index is 0.0371. The zero-order valence-electron chi connectivity index (χ0n) is 19.2. The summed E-state index contributed by atoms with van der Waals surface area (Å²) in [6.45, 7) is 7.19. The van der Waals surface area contributed by atoms with Crippen molar-refractivity contribution in [2.24, 2.45) is 0 Å². The Morgan fingerprint density at radius 1 is 0.969 bits per heavy atom. The van der Waals surface area contributed by atoms with E-state index >= 15 is 0 Å². The van der Waals surface area contributed by atoms with E-state index in [0.717, 1.165) is 44.7 Å². The summed E-state index contributed by atoms with van der Waals surface area (Å²) in [6, 6.07) is 14.1. The van der Waals surface area contributed by atoms with Crippen LogP contribution in [0.3, 0.4) is 0 Å². The quantitative estimate of drug-likeness (QED) is 0.704. The Bertz CT molecular complexity index is 984. The van der Waals surface area contributed by atoms with Crippen molar-refractivity contribution in [3.63, 3.8) is 0 Å². The van der Waals surface area contributed by atoms with Crippen molar-refractivity contribution in [2.45, 2.75) is 19.4 Å². The smallest absolute Gasteiger partial charge is 0.313 e. The topological polar surface area (TPSA) is 67.9 Å². The number of nitrogens with one attached hydrogen (secondary N) is 2. The van der Waals surface area contributed by atoms with Crippen LogP contribution in [0.15, 0.2) is 42.5 Å². The number of anilines is 2. The molecule has 7 nitrogen and oxygen atoms in total. The fraction of sp³-hybridized carbons (Fsp3) is 0.440. The molecule has 1 fully saturated rings. The van der Waals surface area contributed by atoms with Crippen LogP contribution < -0.4 is 15.5 Å². The number of carbonyl (C=O) groups is 2. The van der Waals surface area contributed by atoms with E-state index in [-0.39, 0.29) is 6.04 Å². The summed E-state index contributed by atoms with van der Waals surface area (Å²) >= 11 is 0. The highest BCUT2D eigenvalue weighted by Gasteiger charge is 2.27. The molecule has 0 bridgehead atoms. The Hall–Kier alpha value is -2.90. The first-order valence-corrected chi connectivity index (χ1v) is 11.3. The molecular formula is C25H33N5O2. The summed E-state index contributed by atoms with van der Waals surface area (Å²) < 4.78 is 0. The molecule has 4 rings (SSSR count). The molecule has 32 heavy (non-hydrogen) atoms. The van der Waals surface area contributed by atoms with Gasteiger partial charge < -0.3 is 20.4 Å². The number of hydrogen-bond acceptors (Lipinski definition) is 5. The van der Waals surface area contributed by atoms with Crippen LogP contribution in [0.1, 0.15) is 22.7 Å². The van der Waals surface area contributed by atoms with Crippen molar-refractivity contribution >= 4 is 23.2 Å². The fourth-order valence-corrected chi connectivity index (χ4v) is 4.55. The van der Waals surface area contributed by atoms with E-state index in [2.05, 4.69) is 57.6 Å². The lowest BCUT2D eigenvalue weighted by Crippen LogP contribution is -2.49. The monoisotopic (exact) mass is 435 g/mol. The van der Waals surface area contributed by atoms with Gasteiger partial charge in [-0.2, -0.15) is 0 Å². The fourth-order valence-electron chi connectivity index (χ4n) is 4.55. The first-order chi connectivity index (χ1) is 15.4. The molecule has 170 valence electrons. The number of benzene rings is 2. The first-order valence-electron chi connectivity index (χ1n) is 11.3. The minimum atomic E-state index is -0.632. The van der Waals surface area contributed by atoms with Gasteiger partial charge in [-0.05, 0) is 49.2 Å². The van der Waals surface area contributed by atoms with Gasteiger partial charge in [-0.25, -0.2) is 0 Å². The van der Waals surface area contributed by atoms with E-state index in [1.165, 1.54) is 16.8 Å². The van der Waals surface area contributed by atoms with Gasteiger partial charge in [-0.3, -0.25) is 14.5 Å². The maximum absolute atomic E-state index is 12.6. The molecule has 7 heteroatoms. The highest BCUT2D eigenvalue weighted by atomic mass is 16.2. The van der Waals surface area contributed by atoms with Crippen molar-refractivity contribution in [3.8, 4) is 0 Å². The molecule has 1 saturated heterocycles. The lowest BCUT2D eigenvalue weighted by atomic mass is 10.00. The molecule has 0 saturated carbocycles. The molecule has 0 spiro atoms. The van der Waals surface area contributed by atoms with Gasteiger partial charge in [-0.15, -0.1) is 0 Å². The Balaban J connectivity index is 1.46. The molecular weight excluding hydrogens is 402 g/mol. The van der Waals surface area contributed by atoms with Crippen molar-refractivity contribution in [2.75, 3.05) is 63.6 Å². The van der Waals surface area contributed by atoms with Crippen molar-refractivity contribution in [3.05, 3.63) is 59.2 Å². The predicted octanol–water partition coefficient (Wildman–Crippen LogP) is 2.03. The molecule has 1 unspecified atom stereocenters. The van der Waals surface area contributed by atoms with Crippen LogP contribution in [-0.2, 0) is 16.0 Å². The van der Waals surface area contributed by atoms with Crippen LogP contribution >= 0.6 is 0 Å². The second-order valence-corrected chi connectivity index (χ2v) is 8.89. The van der Waals surface area contributed by atoms with E-state index in [9.17, 15) is 9.59 Å². The number of fused-ring (bicyclic) bond motifs is 1. The molecule has 2 aliphatic heterocycles. The normalized spacial score (nSPS) is 17.7. The number of nitrogens with zero attached hydrogens (tertiary/aromatic N) is 3. The number of aryl methyl sites for hydroxylation is 1. The molecule has 0 aliphatic carbocycles. The number of carbonyl (C=O) groups excluding carboxylic acids is 2. The zero-order chi connectivity index (χ0) is 22.7. The average molecular weight is 436 g/mol. The summed E-state index contributed by atoms with van der Waals surface area (Å²) in [7, 11) is 4.26. The lowest BCUT2D eigenvalue weighted by molar-refractivity contribution is -0.136. The van der Waals surface area contributed by atoms with E-state index in [4.69, 9.17) is 0 Å². The molecule has 2 N–H and O–H groups in total. The second-order valence-electron chi connectivity index (χ2n) is 8.89. The van der Waals surface area contributed by atoms with Crippen LogP contribution in [0.4, 0.5) is 11.4 Å². The van der Waals surface area contributed by atoms with Crippen LogP contribution in [0.25, 0.3) is 0 Å². The summed E-state index contributed by atoms with van der Waals surface area (Å²) in [6.07, 6.45) is 1.04. The first kappa shape index (κ1) is 22.3. The van der Waals surface area contributed by atoms with Gasteiger partial charge in [0.25, 0.3) is 0 Å². The third-order valence-corrected chi connectivity index (χ3v) is 6.65. The molecule has 2 aromatic carbocycles. The lowest BCUT2D eigenvalue weighted by Gasteiger charge is -2.38. The van der Waals surface area contributed by atoms with Crippen molar-refractivity contribution in [1.29, 1.82) is 0 Å². The highest BCUT2D eigenvalue weighted by Crippen LogP contribution is 2.31. The summed E-state index contributed by atoms with van der Waals surface area (Å²) in [5.41, 5.74) is 5.42. The Kier molecular flexibility index (Phi) is 6.77. The average Bonchev–Trinajstić information content (AvgIpc) is 3.16. The van der Waals surface area contributed by atoms with Crippen LogP contribution in [0, 0.1) is 6.92 Å². The third-order valence-electron chi connectivity index (χ3n) is 6.65. The maximum Gasteiger partial charge on any atom is 0.313 e. The minimum Gasteiger partial charge on any atom is -0.374 e. The van der Waals surface area contributed by atoms with Gasteiger partial charge in [0.15, 0.2) is 0 Å². The largest absolute Gasteiger partial charge is 0.374 e. The van der Waals surface area contributed by atoms with Gasteiger partial charge in [-0.1, -0.05) is 30.3 Å². The molecule has 0 aromatic heterocycles. The van der Waals surface area contributed by atoms with Gasteiger partial charge in [0, 0.05) is 57.7 Å². The number of amides is 2. The standard InChI is InChI=1S/C25H33N5O2/c1-18-6-4-5-7-21(18)27-25(32)24(31)26-17-23(30-14-12-28(2)13-15-30)19-8-9-22-20(16-19)10-11-29(22)3/h4-9,16,23H,10-15,17H2,1-3H3,(H,26,31)(H,27,32). The predicted molar refractivity (Wildman–Crippen MR) is 128 cm³/mol. The summed E-state index contributed by atoms with van der Waals surface area (Å²) in [5, 5.41) is 5.61. The zero-order valence-corrected chi connectivity index (χ0v) is 19.2. The van der Waals surface area contributed by atoms with E-state index < -0.39 is 11.8 Å². The number of rotatable bonds is 5. The van der Waals surface area contributed by atoms with Crippen molar-refractivity contribution in [1.82, 2.24) is 15.1 Å². The number of piperazine rings is 1.